The van der Waals surface area contributed by atoms with E-state index in [1.54, 1.807) is 0 Å². The summed E-state index contributed by atoms with van der Waals surface area (Å²) >= 11 is 0. The van der Waals surface area contributed by atoms with Crippen LogP contribution in [0.3, 0.4) is 0 Å². The first-order valence-corrected chi connectivity index (χ1v) is 7.80. The van der Waals surface area contributed by atoms with Crippen LogP contribution in [-0.4, -0.2) is 38.7 Å². The molecule has 21 heavy (non-hydrogen) atoms. The van der Waals surface area contributed by atoms with E-state index in [0.717, 1.165) is 55.5 Å². The fraction of sp³-hybridized carbons (Fsp3) is 0.562. The second kappa shape index (κ2) is 4.83. The molecule has 2 aliphatic rings. The number of carbonyl (C=O) groups excluding carboxylic acids is 1. The Kier molecular flexibility index (Phi) is 2.94. The van der Waals surface area contributed by atoms with E-state index in [4.69, 9.17) is 0 Å². The lowest BCUT2D eigenvalue weighted by Gasteiger charge is -2.31. The molecule has 0 aromatic carbocycles. The molecule has 0 bridgehead atoms. The van der Waals surface area contributed by atoms with Crippen LogP contribution in [-0.2, 0) is 11.8 Å². The molecule has 0 radical (unpaired) electrons. The molecule has 110 valence electrons. The van der Waals surface area contributed by atoms with Crippen LogP contribution in [0.1, 0.15) is 37.3 Å². The topological polar surface area (TPSA) is 51.0 Å². The molecule has 5 nitrogen and oxygen atoms in total. The SMILES string of the molecule is Cn1nc(C2CCN(C(=O)C3CC3)CC2)c2cccnc21. The van der Waals surface area contributed by atoms with Crippen LogP contribution in [0, 0.1) is 5.92 Å². The molecule has 1 aliphatic carbocycles. The van der Waals surface area contributed by atoms with Gasteiger partial charge >= 0.3 is 0 Å². The molecule has 0 N–H and O–H groups in total. The van der Waals surface area contributed by atoms with Crippen molar-refractivity contribution in [1.82, 2.24) is 19.7 Å². The van der Waals surface area contributed by atoms with Gasteiger partial charge in [-0.2, -0.15) is 5.10 Å². The summed E-state index contributed by atoms with van der Waals surface area (Å²) in [5.41, 5.74) is 2.10. The number of likely N-dealkylation sites (tertiary alicyclic amines) is 1. The molecule has 4 rings (SSSR count). The van der Waals surface area contributed by atoms with Crippen LogP contribution in [0.5, 0.6) is 0 Å². The Morgan fingerprint density at radius 1 is 1.24 bits per heavy atom. The highest BCUT2D eigenvalue weighted by atomic mass is 16.2. The number of hydrogen-bond donors (Lipinski definition) is 0. The Balaban J connectivity index is 1.53. The number of piperidine rings is 1. The summed E-state index contributed by atoms with van der Waals surface area (Å²) in [4.78, 5) is 18.6. The lowest BCUT2D eigenvalue weighted by Crippen LogP contribution is -2.38. The second-order valence-corrected chi connectivity index (χ2v) is 6.26. The van der Waals surface area contributed by atoms with Crippen molar-refractivity contribution in [1.29, 1.82) is 0 Å². The van der Waals surface area contributed by atoms with Gasteiger partial charge in [-0.25, -0.2) is 4.98 Å². The highest BCUT2D eigenvalue weighted by molar-refractivity contribution is 5.81. The average molecular weight is 284 g/mol. The molecule has 0 atom stereocenters. The molecular weight excluding hydrogens is 264 g/mol. The van der Waals surface area contributed by atoms with Gasteiger partial charge in [0.15, 0.2) is 5.65 Å². The number of amides is 1. The molecule has 2 fully saturated rings. The molecule has 0 unspecified atom stereocenters. The van der Waals surface area contributed by atoms with Gasteiger partial charge in [0.2, 0.25) is 5.91 Å². The third-order valence-corrected chi connectivity index (χ3v) is 4.75. The predicted octanol–water partition coefficient (Wildman–Crippen LogP) is 2.08. The molecular formula is C16H20N4O. The van der Waals surface area contributed by atoms with Gasteiger partial charge in [-0.05, 0) is 37.8 Å². The number of pyridine rings is 1. The van der Waals surface area contributed by atoms with Crippen molar-refractivity contribution in [3.05, 3.63) is 24.0 Å². The van der Waals surface area contributed by atoms with E-state index in [1.807, 2.05) is 24.0 Å². The van der Waals surface area contributed by atoms with E-state index in [2.05, 4.69) is 21.0 Å². The minimum atomic E-state index is 0.335. The first-order valence-electron chi connectivity index (χ1n) is 7.80. The first-order chi connectivity index (χ1) is 10.2. The van der Waals surface area contributed by atoms with Crippen LogP contribution in [0.2, 0.25) is 0 Å². The van der Waals surface area contributed by atoms with Crippen molar-refractivity contribution in [2.24, 2.45) is 13.0 Å². The third-order valence-electron chi connectivity index (χ3n) is 4.75. The molecule has 1 aliphatic heterocycles. The normalized spacial score (nSPS) is 20.1. The molecule has 2 aromatic rings. The molecule has 5 heteroatoms. The zero-order chi connectivity index (χ0) is 14.4. The second-order valence-electron chi connectivity index (χ2n) is 6.26. The highest BCUT2D eigenvalue weighted by Crippen LogP contribution is 2.35. The number of hydrogen-bond acceptors (Lipinski definition) is 3. The molecule has 1 amide bonds. The van der Waals surface area contributed by atoms with Gasteiger partial charge < -0.3 is 4.90 Å². The van der Waals surface area contributed by atoms with Crippen molar-refractivity contribution in [3.8, 4) is 0 Å². The maximum absolute atomic E-state index is 12.1. The van der Waals surface area contributed by atoms with E-state index < -0.39 is 0 Å². The van der Waals surface area contributed by atoms with Crippen LogP contribution in [0.25, 0.3) is 11.0 Å². The highest BCUT2D eigenvalue weighted by Gasteiger charge is 2.35. The zero-order valence-electron chi connectivity index (χ0n) is 12.3. The van der Waals surface area contributed by atoms with Gasteiger partial charge in [-0.15, -0.1) is 0 Å². The van der Waals surface area contributed by atoms with Gasteiger partial charge in [-0.1, -0.05) is 0 Å². The molecule has 1 saturated carbocycles. The van der Waals surface area contributed by atoms with Gasteiger partial charge in [0.05, 0.1) is 5.69 Å². The Hall–Kier alpha value is -1.91. The van der Waals surface area contributed by atoms with Crippen molar-refractivity contribution >= 4 is 16.9 Å². The summed E-state index contributed by atoms with van der Waals surface area (Å²) in [6.45, 7) is 1.75. The van der Waals surface area contributed by atoms with E-state index >= 15 is 0 Å². The lowest BCUT2D eigenvalue weighted by molar-refractivity contribution is -0.133. The van der Waals surface area contributed by atoms with Crippen LogP contribution >= 0.6 is 0 Å². The Morgan fingerprint density at radius 2 is 2.00 bits per heavy atom. The Morgan fingerprint density at radius 3 is 2.71 bits per heavy atom. The number of nitrogens with zero attached hydrogens (tertiary/aromatic N) is 4. The Labute approximate surface area is 123 Å². The first kappa shape index (κ1) is 12.8. The van der Waals surface area contributed by atoms with Crippen molar-refractivity contribution in [2.45, 2.75) is 31.6 Å². The van der Waals surface area contributed by atoms with Gasteiger partial charge in [0.25, 0.3) is 0 Å². The number of aromatic nitrogens is 3. The smallest absolute Gasteiger partial charge is 0.225 e. The van der Waals surface area contributed by atoms with Crippen LogP contribution in [0.15, 0.2) is 18.3 Å². The minimum Gasteiger partial charge on any atom is -0.342 e. The molecule has 2 aromatic heterocycles. The third kappa shape index (κ3) is 2.20. The van der Waals surface area contributed by atoms with Crippen molar-refractivity contribution in [2.75, 3.05) is 13.1 Å². The zero-order valence-corrected chi connectivity index (χ0v) is 12.3. The summed E-state index contributed by atoms with van der Waals surface area (Å²) < 4.78 is 1.87. The number of fused-ring (bicyclic) bond motifs is 1. The largest absolute Gasteiger partial charge is 0.342 e. The van der Waals surface area contributed by atoms with E-state index in [-0.39, 0.29) is 0 Å². The lowest BCUT2D eigenvalue weighted by atomic mass is 9.92. The monoisotopic (exact) mass is 284 g/mol. The predicted molar refractivity (Wildman–Crippen MR) is 79.8 cm³/mol. The van der Waals surface area contributed by atoms with Gasteiger partial charge in [-0.3, -0.25) is 9.48 Å². The molecule has 1 saturated heterocycles. The number of carbonyl (C=O) groups is 1. The molecule has 0 spiro atoms. The summed E-state index contributed by atoms with van der Waals surface area (Å²) in [5, 5.41) is 5.84. The number of rotatable bonds is 2. The minimum absolute atomic E-state index is 0.335. The van der Waals surface area contributed by atoms with Crippen molar-refractivity contribution < 1.29 is 4.79 Å². The standard InChI is InChI=1S/C16H20N4O/c1-19-15-13(3-2-8-17-15)14(18-19)11-6-9-20(10-7-11)16(21)12-4-5-12/h2-3,8,11-12H,4-7,9-10H2,1H3. The van der Waals surface area contributed by atoms with E-state index in [0.29, 0.717) is 17.7 Å². The van der Waals surface area contributed by atoms with Crippen molar-refractivity contribution in [3.63, 3.8) is 0 Å². The van der Waals surface area contributed by atoms with Crippen LogP contribution < -0.4 is 0 Å². The molecule has 3 heterocycles. The average Bonchev–Trinajstić information content (AvgIpc) is 3.32. The van der Waals surface area contributed by atoms with E-state index in [1.165, 1.54) is 0 Å². The quantitative estimate of drug-likeness (QED) is 0.848. The summed E-state index contributed by atoms with van der Waals surface area (Å²) in [6, 6.07) is 4.08. The maximum Gasteiger partial charge on any atom is 0.225 e. The summed E-state index contributed by atoms with van der Waals surface area (Å²) in [6.07, 6.45) is 6.02. The van der Waals surface area contributed by atoms with Gasteiger partial charge in [0, 0.05) is 43.6 Å². The fourth-order valence-electron chi connectivity index (χ4n) is 3.38. The van der Waals surface area contributed by atoms with Crippen LogP contribution in [0.4, 0.5) is 0 Å². The Bertz CT molecular complexity index is 681. The summed E-state index contributed by atoms with van der Waals surface area (Å²) in [7, 11) is 1.95. The fourth-order valence-corrected chi connectivity index (χ4v) is 3.38. The van der Waals surface area contributed by atoms with Gasteiger partial charge in [0.1, 0.15) is 0 Å². The summed E-state index contributed by atoms with van der Waals surface area (Å²) in [5.74, 6) is 1.16. The number of aryl methyl sites for hydroxylation is 1. The van der Waals surface area contributed by atoms with E-state index in [9.17, 15) is 4.79 Å². The maximum atomic E-state index is 12.1.